The molecule has 0 saturated carbocycles. The van der Waals surface area contributed by atoms with E-state index in [4.69, 9.17) is 26.6 Å². The quantitative estimate of drug-likeness (QED) is 0.842. The Morgan fingerprint density at radius 2 is 1.92 bits per heavy atom. The van der Waals surface area contributed by atoms with Crippen molar-refractivity contribution in [1.29, 1.82) is 0 Å². The number of benzene rings is 2. The number of alkyl halides is 3. The summed E-state index contributed by atoms with van der Waals surface area (Å²) in [5.74, 6) is -2.05. The molecule has 0 unspecified atom stereocenters. The molecule has 2 aromatic carbocycles. The Bertz CT molecular complexity index is 759. The van der Waals surface area contributed by atoms with Gasteiger partial charge in [-0.1, -0.05) is 23.7 Å². The summed E-state index contributed by atoms with van der Waals surface area (Å²) < 4.78 is 45.1. The highest BCUT2D eigenvalue weighted by Gasteiger charge is 2.37. The summed E-state index contributed by atoms with van der Waals surface area (Å²) >= 11 is 5.86. The van der Waals surface area contributed by atoms with E-state index >= 15 is 0 Å². The Balaban J connectivity index is 2.78. The van der Waals surface area contributed by atoms with Crippen molar-refractivity contribution in [2.24, 2.45) is 0 Å². The van der Waals surface area contributed by atoms with Gasteiger partial charge in [-0.25, -0.2) is 4.79 Å². The topological polar surface area (TPSA) is 66.8 Å². The molecule has 0 heterocycles. The highest BCUT2D eigenvalue weighted by atomic mass is 35.5. The summed E-state index contributed by atoms with van der Waals surface area (Å²) in [7, 11) is 0. The maximum atomic E-state index is 13.3. The van der Waals surface area contributed by atoms with E-state index in [1.807, 2.05) is 0 Å². The summed E-state index contributed by atoms with van der Waals surface area (Å²) in [6.45, 7) is -0.865. The predicted octanol–water partition coefficient (Wildman–Crippen LogP) is 4.10. The van der Waals surface area contributed by atoms with Gasteiger partial charge in [0.2, 0.25) is 0 Å². The summed E-state index contributed by atoms with van der Waals surface area (Å²) in [5, 5.41) is 18.2. The molecule has 0 radical (unpaired) electrons. The average molecular weight is 361 g/mol. The number of carbonyl (C=O) groups is 1. The van der Waals surface area contributed by atoms with Gasteiger partial charge in [-0.3, -0.25) is 0 Å². The predicted molar refractivity (Wildman–Crippen MR) is 81.4 cm³/mol. The average Bonchev–Trinajstić information content (AvgIpc) is 2.51. The smallest absolute Gasteiger partial charge is 0.420 e. The number of aromatic carboxylic acids is 1. The number of carboxylic acid groups (broad SMARTS) is 1. The van der Waals surface area contributed by atoms with Crippen molar-refractivity contribution in [2.75, 3.05) is 13.2 Å². The lowest BCUT2D eigenvalue weighted by atomic mass is 9.97. The minimum absolute atomic E-state index is 0.0711. The van der Waals surface area contributed by atoms with E-state index in [-0.39, 0.29) is 22.8 Å². The standard InChI is InChI=1S/C16H12ClF3O4/c17-11-3-1-2-9(6-11)12-7-10(15(22)23)8-13(16(18,19)20)14(12)24-5-4-21/h1-3,6-8,21H,4-5H2,(H,22,23). The number of hydrogen-bond acceptors (Lipinski definition) is 3. The number of halogens is 4. The van der Waals surface area contributed by atoms with Gasteiger partial charge in [0.1, 0.15) is 12.4 Å². The Kier molecular flexibility index (Phi) is 5.36. The summed E-state index contributed by atoms with van der Waals surface area (Å²) in [6, 6.07) is 7.52. The first-order valence-electron chi connectivity index (χ1n) is 6.72. The van der Waals surface area contributed by atoms with Crippen LogP contribution in [-0.2, 0) is 6.18 Å². The van der Waals surface area contributed by atoms with Gasteiger partial charge in [0.25, 0.3) is 0 Å². The molecule has 0 spiro atoms. The van der Waals surface area contributed by atoms with Crippen LogP contribution in [0.2, 0.25) is 5.02 Å². The fourth-order valence-corrected chi connectivity index (χ4v) is 2.33. The highest BCUT2D eigenvalue weighted by Crippen LogP contribution is 2.43. The van der Waals surface area contributed by atoms with Crippen LogP contribution in [0.1, 0.15) is 15.9 Å². The fourth-order valence-electron chi connectivity index (χ4n) is 2.14. The molecule has 2 rings (SSSR count). The first kappa shape index (κ1) is 18.1. The third-order valence-electron chi connectivity index (χ3n) is 3.11. The molecule has 0 atom stereocenters. The summed E-state index contributed by atoms with van der Waals surface area (Å²) in [6.07, 6.45) is -4.83. The second-order valence-corrected chi connectivity index (χ2v) is 5.22. The fraction of sp³-hybridized carbons (Fsp3) is 0.188. The zero-order valence-electron chi connectivity index (χ0n) is 12.1. The molecule has 0 aliphatic rings. The molecule has 0 aliphatic carbocycles. The molecule has 2 aromatic rings. The first-order valence-corrected chi connectivity index (χ1v) is 7.10. The molecule has 0 saturated heterocycles. The zero-order chi connectivity index (χ0) is 17.9. The van der Waals surface area contributed by atoms with Gasteiger partial charge in [0.05, 0.1) is 17.7 Å². The van der Waals surface area contributed by atoms with Crippen molar-refractivity contribution >= 4 is 17.6 Å². The van der Waals surface area contributed by atoms with Crippen LogP contribution in [0, 0.1) is 0 Å². The van der Waals surface area contributed by atoms with E-state index in [0.29, 0.717) is 6.07 Å². The number of hydrogen-bond donors (Lipinski definition) is 2. The molecule has 0 aliphatic heterocycles. The molecule has 0 amide bonds. The van der Waals surface area contributed by atoms with Gasteiger partial charge in [0.15, 0.2) is 0 Å². The Hall–Kier alpha value is -2.25. The maximum Gasteiger partial charge on any atom is 0.420 e. The van der Waals surface area contributed by atoms with Crippen LogP contribution in [-0.4, -0.2) is 29.4 Å². The molecule has 0 bridgehead atoms. The van der Waals surface area contributed by atoms with E-state index in [9.17, 15) is 18.0 Å². The van der Waals surface area contributed by atoms with Crippen molar-refractivity contribution in [3.63, 3.8) is 0 Å². The van der Waals surface area contributed by atoms with E-state index in [2.05, 4.69) is 0 Å². The molecular weight excluding hydrogens is 349 g/mol. The van der Waals surface area contributed by atoms with E-state index in [1.165, 1.54) is 24.3 Å². The van der Waals surface area contributed by atoms with Crippen molar-refractivity contribution in [2.45, 2.75) is 6.18 Å². The van der Waals surface area contributed by atoms with Crippen LogP contribution in [0.5, 0.6) is 5.75 Å². The minimum Gasteiger partial charge on any atom is -0.490 e. The van der Waals surface area contributed by atoms with Crippen molar-refractivity contribution in [3.05, 3.63) is 52.5 Å². The third kappa shape index (κ3) is 3.98. The Labute approximate surface area is 140 Å². The van der Waals surface area contributed by atoms with Gasteiger partial charge in [-0.2, -0.15) is 13.2 Å². The number of aliphatic hydroxyl groups excluding tert-OH is 1. The molecule has 2 N–H and O–H groups in total. The second-order valence-electron chi connectivity index (χ2n) is 4.79. The van der Waals surface area contributed by atoms with Crippen molar-refractivity contribution in [3.8, 4) is 16.9 Å². The normalized spacial score (nSPS) is 11.4. The SMILES string of the molecule is O=C(O)c1cc(-c2cccc(Cl)c2)c(OCCO)c(C(F)(F)F)c1. The molecule has 24 heavy (non-hydrogen) atoms. The number of ether oxygens (including phenoxy) is 1. The summed E-state index contributed by atoms with van der Waals surface area (Å²) in [5.41, 5.74) is -1.57. The Morgan fingerprint density at radius 3 is 2.46 bits per heavy atom. The first-order chi connectivity index (χ1) is 11.2. The van der Waals surface area contributed by atoms with Crippen LogP contribution < -0.4 is 4.74 Å². The molecular formula is C16H12ClF3O4. The van der Waals surface area contributed by atoms with Crippen LogP contribution in [0.15, 0.2) is 36.4 Å². The highest BCUT2D eigenvalue weighted by molar-refractivity contribution is 6.30. The monoisotopic (exact) mass is 360 g/mol. The number of aliphatic hydroxyl groups is 1. The number of rotatable bonds is 5. The summed E-state index contributed by atoms with van der Waals surface area (Å²) in [4.78, 5) is 11.2. The van der Waals surface area contributed by atoms with Gasteiger partial charge in [0, 0.05) is 10.6 Å². The van der Waals surface area contributed by atoms with E-state index < -0.39 is 35.6 Å². The number of carboxylic acids is 1. The Morgan fingerprint density at radius 1 is 1.21 bits per heavy atom. The van der Waals surface area contributed by atoms with Gasteiger partial charge >= 0.3 is 12.1 Å². The van der Waals surface area contributed by atoms with E-state index in [0.717, 1.165) is 6.07 Å². The van der Waals surface area contributed by atoms with Crippen LogP contribution in [0.4, 0.5) is 13.2 Å². The molecule has 128 valence electrons. The largest absolute Gasteiger partial charge is 0.490 e. The second kappa shape index (κ2) is 7.11. The van der Waals surface area contributed by atoms with Crippen LogP contribution >= 0.6 is 11.6 Å². The van der Waals surface area contributed by atoms with Gasteiger partial charge in [-0.15, -0.1) is 0 Å². The minimum atomic E-state index is -4.83. The zero-order valence-corrected chi connectivity index (χ0v) is 12.9. The lowest BCUT2D eigenvalue weighted by Crippen LogP contribution is -2.13. The molecule has 4 nitrogen and oxygen atoms in total. The molecule has 0 aromatic heterocycles. The van der Waals surface area contributed by atoms with Crippen molar-refractivity contribution < 1.29 is 32.9 Å². The van der Waals surface area contributed by atoms with Gasteiger partial charge < -0.3 is 14.9 Å². The van der Waals surface area contributed by atoms with Crippen LogP contribution in [0.25, 0.3) is 11.1 Å². The maximum absolute atomic E-state index is 13.3. The molecule has 0 fully saturated rings. The lowest BCUT2D eigenvalue weighted by Gasteiger charge is -2.18. The van der Waals surface area contributed by atoms with Crippen molar-refractivity contribution in [1.82, 2.24) is 0 Å². The third-order valence-corrected chi connectivity index (χ3v) is 3.35. The lowest BCUT2D eigenvalue weighted by molar-refractivity contribution is -0.139. The van der Waals surface area contributed by atoms with E-state index in [1.54, 1.807) is 0 Å². The van der Waals surface area contributed by atoms with Crippen LogP contribution in [0.3, 0.4) is 0 Å². The van der Waals surface area contributed by atoms with Gasteiger partial charge in [-0.05, 0) is 29.8 Å². The molecule has 8 heteroatoms.